The number of rotatable bonds is 3. The first-order valence-corrected chi connectivity index (χ1v) is 11.6. The number of likely N-dealkylation sites (N-methyl/N-ethyl adjacent to an activating group) is 1. The van der Waals surface area contributed by atoms with E-state index < -0.39 is 0 Å². The highest BCUT2D eigenvalue weighted by molar-refractivity contribution is 6.30. The van der Waals surface area contributed by atoms with E-state index in [4.69, 9.17) is 21.4 Å². The van der Waals surface area contributed by atoms with E-state index in [-0.39, 0.29) is 11.8 Å². The molecule has 3 aliphatic rings. The molecule has 3 aromatic rings. The second-order valence-electron chi connectivity index (χ2n) is 8.63. The average Bonchev–Trinajstić information content (AvgIpc) is 3.50. The van der Waals surface area contributed by atoms with Gasteiger partial charge in [0.15, 0.2) is 5.69 Å². The molecule has 0 fully saturated rings. The number of aliphatic imine (C=N–C) groups is 1. The van der Waals surface area contributed by atoms with Gasteiger partial charge >= 0.3 is 0 Å². The molecular formula is C25H22ClN5O3. The molecule has 34 heavy (non-hydrogen) atoms. The zero-order valence-electron chi connectivity index (χ0n) is 18.6. The van der Waals surface area contributed by atoms with Crippen LogP contribution in [-0.2, 0) is 17.6 Å². The van der Waals surface area contributed by atoms with Gasteiger partial charge in [-0.2, -0.15) is 5.10 Å². The van der Waals surface area contributed by atoms with Crippen molar-refractivity contribution >= 4 is 35.0 Å². The topological polar surface area (TPSA) is 80.0 Å². The summed E-state index contributed by atoms with van der Waals surface area (Å²) in [6.45, 7) is 2.25. The molecule has 0 spiro atoms. The standard InChI is InChI=1S/C25H22ClN5O3/c1-29-10-7-15-5-6-17(14-20(15)24(29)32)30-11-8-19-21(23-27-9-12-34-23)28-31(22(19)25(30)33)18-4-2-3-16(26)13-18/h2-6,13-14H,7-12H2,1H3. The van der Waals surface area contributed by atoms with Crippen LogP contribution in [0.2, 0.25) is 5.02 Å². The minimum atomic E-state index is -0.185. The number of carbonyl (C=O) groups excluding carboxylic acids is 2. The van der Waals surface area contributed by atoms with Gasteiger partial charge in [0, 0.05) is 42.0 Å². The van der Waals surface area contributed by atoms with Crippen molar-refractivity contribution in [2.75, 3.05) is 38.2 Å². The van der Waals surface area contributed by atoms with Crippen molar-refractivity contribution in [1.29, 1.82) is 0 Å². The Bertz CT molecular complexity index is 1380. The summed E-state index contributed by atoms with van der Waals surface area (Å²) in [6.07, 6.45) is 1.40. The van der Waals surface area contributed by atoms with Crippen molar-refractivity contribution in [1.82, 2.24) is 14.7 Å². The second-order valence-corrected chi connectivity index (χ2v) is 9.06. The third-order valence-corrected chi connectivity index (χ3v) is 6.79. The molecule has 6 rings (SSSR count). The lowest BCUT2D eigenvalue weighted by Crippen LogP contribution is -2.39. The summed E-state index contributed by atoms with van der Waals surface area (Å²) in [4.78, 5) is 34.5. The van der Waals surface area contributed by atoms with Crippen molar-refractivity contribution in [3.63, 3.8) is 0 Å². The van der Waals surface area contributed by atoms with Crippen LogP contribution < -0.4 is 4.90 Å². The smallest absolute Gasteiger partial charge is 0.277 e. The molecule has 0 saturated carbocycles. The minimum Gasteiger partial charge on any atom is -0.474 e. The van der Waals surface area contributed by atoms with Crippen molar-refractivity contribution in [2.24, 2.45) is 4.99 Å². The minimum absolute atomic E-state index is 0.0177. The lowest BCUT2D eigenvalue weighted by Gasteiger charge is -2.30. The lowest BCUT2D eigenvalue weighted by atomic mass is 9.97. The molecule has 2 aromatic carbocycles. The van der Waals surface area contributed by atoms with Crippen LogP contribution in [0.3, 0.4) is 0 Å². The van der Waals surface area contributed by atoms with Gasteiger partial charge in [0.1, 0.15) is 12.3 Å². The molecule has 0 aliphatic carbocycles. The first kappa shape index (κ1) is 20.9. The van der Waals surface area contributed by atoms with Gasteiger partial charge in [-0.05, 0) is 48.7 Å². The van der Waals surface area contributed by atoms with E-state index in [1.54, 1.807) is 33.7 Å². The molecule has 3 aliphatic heterocycles. The molecule has 0 unspecified atom stereocenters. The Morgan fingerprint density at radius 2 is 1.88 bits per heavy atom. The maximum absolute atomic E-state index is 13.9. The summed E-state index contributed by atoms with van der Waals surface area (Å²) in [5.41, 5.74) is 4.93. The van der Waals surface area contributed by atoms with Crippen LogP contribution in [0.25, 0.3) is 5.69 Å². The molecule has 172 valence electrons. The van der Waals surface area contributed by atoms with Gasteiger partial charge in [0.2, 0.25) is 5.90 Å². The van der Waals surface area contributed by atoms with Gasteiger partial charge in [0.25, 0.3) is 11.8 Å². The van der Waals surface area contributed by atoms with Crippen LogP contribution in [0.15, 0.2) is 47.5 Å². The SMILES string of the molecule is CN1CCc2ccc(N3CCc4c(C5=NCCO5)nn(-c5cccc(Cl)c5)c4C3=O)cc2C1=O. The van der Waals surface area contributed by atoms with Crippen LogP contribution >= 0.6 is 11.6 Å². The maximum Gasteiger partial charge on any atom is 0.277 e. The van der Waals surface area contributed by atoms with Gasteiger partial charge in [-0.1, -0.05) is 23.7 Å². The molecule has 1 aromatic heterocycles. The zero-order chi connectivity index (χ0) is 23.4. The van der Waals surface area contributed by atoms with Crippen LogP contribution in [0, 0.1) is 0 Å². The average molecular weight is 476 g/mol. The van der Waals surface area contributed by atoms with E-state index in [9.17, 15) is 9.59 Å². The number of carbonyl (C=O) groups is 2. The monoisotopic (exact) mass is 475 g/mol. The van der Waals surface area contributed by atoms with Crippen molar-refractivity contribution < 1.29 is 14.3 Å². The van der Waals surface area contributed by atoms with Crippen LogP contribution in [0.5, 0.6) is 0 Å². The van der Waals surface area contributed by atoms with Crippen LogP contribution in [0.1, 0.15) is 37.7 Å². The number of nitrogens with zero attached hydrogens (tertiary/aromatic N) is 5. The third-order valence-electron chi connectivity index (χ3n) is 6.56. The number of ether oxygens (including phenoxy) is 1. The summed E-state index contributed by atoms with van der Waals surface area (Å²) in [5, 5.41) is 5.30. The molecule has 0 atom stereocenters. The Morgan fingerprint density at radius 3 is 2.68 bits per heavy atom. The van der Waals surface area contributed by atoms with E-state index in [1.807, 2.05) is 30.3 Å². The Labute approximate surface area is 201 Å². The van der Waals surface area contributed by atoms with E-state index in [0.717, 1.165) is 17.5 Å². The highest BCUT2D eigenvalue weighted by Crippen LogP contribution is 2.32. The number of aromatic nitrogens is 2. The first-order chi connectivity index (χ1) is 16.5. The Kier molecular flexibility index (Phi) is 4.91. The highest BCUT2D eigenvalue weighted by atomic mass is 35.5. The summed E-state index contributed by atoms with van der Waals surface area (Å²) < 4.78 is 7.32. The normalized spacial score (nSPS) is 17.4. The van der Waals surface area contributed by atoms with Crippen molar-refractivity contribution in [2.45, 2.75) is 12.8 Å². The van der Waals surface area contributed by atoms with Crippen molar-refractivity contribution in [3.8, 4) is 5.69 Å². The predicted molar refractivity (Wildman–Crippen MR) is 128 cm³/mol. The third kappa shape index (κ3) is 3.28. The van der Waals surface area contributed by atoms with Gasteiger partial charge in [-0.3, -0.25) is 9.59 Å². The van der Waals surface area contributed by atoms with Crippen LogP contribution in [0.4, 0.5) is 5.69 Å². The fourth-order valence-electron chi connectivity index (χ4n) is 4.80. The second kappa shape index (κ2) is 7.99. The number of hydrogen-bond donors (Lipinski definition) is 0. The number of fused-ring (bicyclic) bond motifs is 2. The summed E-state index contributed by atoms with van der Waals surface area (Å²) in [6, 6.07) is 13.0. The number of halogens is 1. The number of benzene rings is 2. The molecule has 0 bridgehead atoms. The fraction of sp³-hybridized carbons (Fsp3) is 0.280. The molecule has 8 nitrogen and oxygen atoms in total. The summed E-state index contributed by atoms with van der Waals surface area (Å²) in [5.74, 6) is 0.270. The van der Waals surface area contributed by atoms with Crippen molar-refractivity contribution in [3.05, 3.63) is 75.6 Å². The quantitative estimate of drug-likeness (QED) is 0.583. The van der Waals surface area contributed by atoms with E-state index in [2.05, 4.69) is 4.99 Å². The summed E-state index contributed by atoms with van der Waals surface area (Å²) in [7, 11) is 1.80. The zero-order valence-corrected chi connectivity index (χ0v) is 19.4. The first-order valence-electron chi connectivity index (χ1n) is 11.3. The molecular weight excluding hydrogens is 454 g/mol. The van der Waals surface area contributed by atoms with E-state index >= 15 is 0 Å². The van der Waals surface area contributed by atoms with E-state index in [0.29, 0.717) is 71.9 Å². The predicted octanol–water partition coefficient (Wildman–Crippen LogP) is 3.13. The molecule has 2 amide bonds. The molecule has 0 radical (unpaired) electrons. The van der Waals surface area contributed by atoms with Crippen LogP contribution in [-0.4, -0.2) is 65.7 Å². The number of amides is 2. The fourth-order valence-corrected chi connectivity index (χ4v) is 4.98. The van der Waals surface area contributed by atoms with Gasteiger partial charge in [-0.15, -0.1) is 0 Å². The number of anilines is 1. The lowest BCUT2D eigenvalue weighted by molar-refractivity contribution is 0.0780. The number of hydrogen-bond acceptors (Lipinski definition) is 5. The Balaban J connectivity index is 1.46. The largest absolute Gasteiger partial charge is 0.474 e. The Hall–Kier alpha value is -3.65. The molecule has 4 heterocycles. The van der Waals surface area contributed by atoms with Gasteiger partial charge < -0.3 is 14.5 Å². The van der Waals surface area contributed by atoms with E-state index in [1.165, 1.54) is 0 Å². The summed E-state index contributed by atoms with van der Waals surface area (Å²) >= 11 is 6.24. The van der Waals surface area contributed by atoms with Gasteiger partial charge in [0.05, 0.1) is 12.2 Å². The van der Waals surface area contributed by atoms with Gasteiger partial charge in [-0.25, -0.2) is 9.67 Å². The Morgan fingerprint density at radius 1 is 1.00 bits per heavy atom. The molecule has 9 heteroatoms. The molecule has 0 N–H and O–H groups in total. The highest BCUT2D eigenvalue weighted by Gasteiger charge is 2.36. The maximum atomic E-state index is 13.9. The molecule has 0 saturated heterocycles.